The van der Waals surface area contributed by atoms with E-state index in [1.165, 1.54) is 11.0 Å². The molecule has 0 saturated heterocycles. The number of hydrogen-bond acceptors (Lipinski definition) is 4. The number of methoxy groups -OCH3 is 1. The Kier molecular flexibility index (Phi) is 5.11. The first-order valence-electron chi connectivity index (χ1n) is 5.93. The average molecular weight is 269 g/mol. The van der Waals surface area contributed by atoms with Crippen LogP contribution < -0.4 is 0 Å². The Hall–Kier alpha value is -1.82. The van der Waals surface area contributed by atoms with E-state index in [0.717, 1.165) is 0 Å². The number of rotatable bonds is 6. The van der Waals surface area contributed by atoms with E-state index in [1.807, 2.05) is 0 Å². The smallest absolute Gasteiger partial charge is 0.339 e. The topological polar surface area (TPSA) is 80.0 Å². The van der Waals surface area contributed by atoms with Crippen molar-refractivity contribution in [2.45, 2.75) is 20.4 Å². The first-order valence-corrected chi connectivity index (χ1v) is 5.93. The van der Waals surface area contributed by atoms with Gasteiger partial charge in [0.05, 0.1) is 19.1 Å². The van der Waals surface area contributed by atoms with Crippen molar-refractivity contribution in [1.82, 2.24) is 4.90 Å². The summed E-state index contributed by atoms with van der Waals surface area (Å²) >= 11 is 0. The van der Waals surface area contributed by atoms with E-state index in [4.69, 9.17) is 14.3 Å². The second kappa shape index (κ2) is 6.38. The number of carboxylic acid groups (broad SMARTS) is 1. The highest BCUT2D eigenvalue weighted by atomic mass is 16.5. The Morgan fingerprint density at radius 1 is 1.53 bits per heavy atom. The van der Waals surface area contributed by atoms with Crippen LogP contribution in [0.2, 0.25) is 0 Å². The third kappa shape index (κ3) is 3.82. The van der Waals surface area contributed by atoms with Gasteiger partial charge in [-0.1, -0.05) is 6.92 Å². The van der Waals surface area contributed by atoms with Gasteiger partial charge in [-0.05, 0) is 13.0 Å². The number of carboxylic acids is 1. The SMILES string of the molecule is COCC(C)C(=O)N(C)Cc1cc(C(=O)O)c(C)o1. The molecule has 0 saturated carbocycles. The summed E-state index contributed by atoms with van der Waals surface area (Å²) in [5.41, 5.74) is 0.126. The van der Waals surface area contributed by atoms with Crippen LogP contribution in [0.1, 0.15) is 28.8 Å². The van der Waals surface area contributed by atoms with Crippen LogP contribution in [0.5, 0.6) is 0 Å². The van der Waals surface area contributed by atoms with Crippen molar-refractivity contribution in [3.8, 4) is 0 Å². The zero-order chi connectivity index (χ0) is 14.6. The summed E-state index contributed by atoms with van der Waals surface area (Å²) in [4.78, 5) is 24.3. The number of carbonyl (C=O) groups excluding carboxylic acids is 1. The maximum absolute atomic E-state index is 12.0. The Labute approximate surface area is 112 Å². The highest BCUT2D eigenvalue weighted by Crippen LogP contribution is 2.16. The number of nitrogens with zero attached hydrogens (tertiary/aromatic N) is 1. The molecule has 0 aliphatic rings. The molecule has 0 bridgehead atoms. The predicted molar refractivity (Wildman–Crippen MR) is 67.9 cm³/mol. The first kappa shape index (κ1) is 15.2. The fraction of sp³-hybridized carbons (Fsp3) is 0.538. The van der Waals surface area contributed by atoms with Crippen molar-refractivity contribution < 1.29 is 23.8 Å². The molecule has 1 rings (SSSR count). The van der Waals surface area contributed by atoms with Gasteiger partial charge in [0.1, 0.15) is 17.1 Å². The molecule has 1 aromatic rings. The van der Waals surface area contributed by atoms with E-state index in [0.29, 0.717) is 18.1 Å². The van der Waals surface area contributed by atoms with Gasteiger partial charge in [-0.15, -0.1) is 0 Å². The lowest BCUT2D eigenvalue weighted by Crippen LogP contribution is -2.33. The maximum atomic E-state index is 12.0. The molecular formula is C13H19NO5. The largest absolute Gasteiger partial charge is 0.478 e. The quantitative estimate of drug-likeness (QED) is 0.847. The number of aryl methyl sites for hydroxylation is 1. The van der Waals surface area contributed by atoms with Crippen LogP contribution in [0, 0.1) is 12.8 Å². The number of ether oxygens (including phenoxy) is 1. The number of amides is 1. The van der Waals surface area contributed by atoms with Crippen LogP contribution >= 0.6 is 0 Å². The molecule has 0 aromatic carbocycles. The van der Waals surface area contributed by atoms with Crippen molar-refractivity contribution in [2.75, 3.05) is 20.8 Å². The zero-order valence-corrected chi connectivity index (χ0v) is 11.6. The van der Waals surface area contributed by atoms with Gasteiger partial charge < -0.3 is 19.2 Å². The van der Waals surface area contributed by atoms with Gasteiger partial charge in [0.2, 0.25) is 5.91 Å². The summed E-state index contributed by atoms with van der Waals surface area (Å²) in [6.45, 7) is 3.95. The standard InChI is InChI=1S/C13H19NO5/c1-8(7-18-4)12(15)14(3)6-10-5-11(13(16)17)9(2)19-10/h5,8H,6-7H2,1-4H3,(H,16,17). The molecule has 0 fully saturated rings. The van der Waals surface area contributed by atoms with Gasteiger partial charge in [-0.25, -0.2) is 4.79 Å². The zero-order valence-electron chi connectivity index (χ0n) is 11.6. The normalized spacial score (nSPS) is 12.2. The van der Waals surface area contributed by atoms with E-state index >= 15 is 0 Å². The third-order valence-electron chi connectivity index (χ3n) is 2.81. The molecule has 1 N–H and O–H groups in total. The summed E-state index contributed by atoms with van der Waals surface area (Å²) < 4.78 is 10.3. The lowest BCUT2D eigenvalue weighted by Gasteiger charge is -2.19. The fourth-order valence-corrected chi connectivity index (χ4v) is 1.84. The lowest BCUT2D eigenvalue weighted by atomic mass is 10.1. The van der Waals surface area contributed by atoms with Gasteiger partial charge in [-0.3, -0.25) is 4.79 Å². The molecule has 6 heteroatoms. The van der Waals surface area contributed by atoms with Gasteiger partial charge in [0, 0.05) is 14.2 Å². The van der Waals surface area contributed by atoms with Gasteiger partial charge in [0.15, 0.2) is 0 Å². The Morgan fingerprint density at radius 2 is 2.16 bits per heavy atom. The summed E-state index contributed by atoms with van der Waals surface area (Å²) in [5, 5.41) is 8.92. The highest BCUT2D eigenvalue weighted by Gasteiger charge is 2.20. The Morgan fingerprint density at radius 3 is 2.63 bits per heavy atom. The fourth-order valence-electron chi connectivity index (χ4n) is 1.84. The van der Waals surface area contributed by atoms with E-state index < -0.39 is 5.97 Å². The summed E-state index contributed by atoms with van der Waals surface area (Å²) in [6, 6.07) is 1.45. The molecule has 106 valence electrons. The average Bonchev–Trinajstić information content (AvgIpc) is 2.69. The first-order chi connectivity index (χ1) is 8.86. The van der Waals surface area contributed by atoms with Crippen LogP contribution in [0.4, 0.5) is 0 Å². The van der Waals surface area contributed by atoms with Crippen molar-refractivity contribution in [1.29, 1.82) is 0 Å². The highest BCUT2D eigenvalue weighted by molar-refractivity contribution is 5.88. The summed E-state index contributed by atoms with van der Waals surface area (Å²) in [7, 11) is 3.19. The lowest BCUT2D eigenvalue weighted by molar-refractivity contribution is -0.136. The number of hydrogen-bond donors (Lipinski definition) is 1. The number of carbonyl (C=O) groups is 2. The third-order valence-corrected chi connectivity index (χ3v) is 2.81. The van der Waals surface area contributed by atoms with Gasteiger partial charge in [0.25, 0.3) is 0 Å². The minimum Gasteiger partial charge on any atom is -0.478 e. The van der Waals surface area contributed by atoms with Crippen LogP contribution in [0.3, 0.4) is 0 Å². The number of furan rings is 1. The molecule has 19 heavy (non-hydrogen) atoms. The summed E-state index contributed by atoms with van der Waals surface area (Å²) in [5.74, 6) is -0.560. The van der Waals surface area contributed by atoms with Crippen LogP contribution in [-0.4, -0.2) is 42.6 Å². The Bertz CT molecular complexity index is 466. The van der Waals surface area contributed by atoms with E-state index in [2.05, 4.69) is 0 Å². The van der Waals surface area contributed by atoms with Crippen molar-refractivity contribution >= 4 is 11.9 Å². The van der Waals surface area contributed by atoms with Gasteiger partial charge >= 0.3 is 5.97 Å². The molecule has 0 spiro atoms. The molecule has 6 nitrogen and oxygen atoms in total. The summed E-state index contributed by atoms with van der Waals surface area (Å²) in [6.07, 6.45) is 0. The molecule has 0 aliphatic carbocycles. The molecular weight excluding hydrogens is 250 g/mol. The van der Waals surface area contributed by atoms with Crippen molar-refractivity contribution in [3.63, 3.8) is 0 Å². The van der Waals surface area contributed by atoms with Gasteiger partial charge in [-0.2, -0.15) is 0 Å². The van der Waals surface area contributed by atoms with E-state index in [-0.39, 0.29) is 23.9 Å². The molecule has 1 amide bonds. The molecule has 0 radical (unpaired) electrons. The second-order valence-corrected chi connectivity index (χ2v) is 4.54. The van der Waals surface area contributed by atoms with Crippen molar-refractivity contribution in [3.05, 3.63) is 23.2 Å². The van der Waals surface area contributed by atoms with E-state index in [1.54, 1.807) is 28.0 Å². The van der Waals surface area contributed by atoms with Crippen LogP contribution in [-0.2, 0) is 16.1 Å². The second-order valence-electron chi connectivity index (χ2n) is 4.54. The number of aromatic carboxylic acids is 1. The molecule has 1 atom stereocenters. The minimum absolute atomic E-state index is 0.0761. The Balaban J connectivity index is 2.71. The van der Waals surface area contributed by atoms with E-state index in [9.17, 15) is 9.59 Å². The monoisotopic (exact) mass is 269 g/mol. The molecule has 1 heterocycles. The predicted octanol–water partition coefficient (Wildman–Crippen LogP) is 1.53. The maximum Gasteiger partial charge on any atom is 0.339 e. The van der Waals surface area contributed by atoms with Crippen LogP contribution in [0.15, 0.2) is 10.5 Å². The molecule has 1 aromatic heterocycles. The minimum atomic E-state index is -1.03. The molecule has 0 aliphatic heterocycles. The van der Waals surface area contributed by atoms with Crippen LogP contribution in [0.25, 0.3) is 0 Å². The van der Waals surface area contributed by atoms with Crippen molar-refractivity contribution in [2.24, 2.45) is 5.92 Å². The molecule has 1 unspecified atom stereocenters.